The second-order valence-electron chi connectivity index (χ2n) is 4.62. The van der Waals surface area contributed by atoms with E-state index in [2.05, 4.69) is 5.32 Å². The number of urea groups is 1. The molecular formula is C13H11N3O8. The first-order valence-corrected chi connectivity index (χ1v) is 6.36. The Balaban J connectivity index is 2.43. The maximum Gasteiger partial charge on any atom is 0.329 e. The minimum atomic E-state index is -1.37. The third-order valence-electron chi connectivity index (χ3n) is 3.06. The monoisotopic (exact) mass is 337 g/mol. The average Bonchev–Trinajstić information content (AvgIpc) is 2.75. The van der Waals surface area contributed by atoms with E-state index in [1.165, 1.54) is 13.2 Å². The number of nitrogens with one attached hydrogen (secondary N) is 1. The molecule has 3 amide bonds. The maximum absolute atomic E-state index is 12.0. The highest BCUT2D eigenvalue weighted by Crippen LogP contribution is 2.37. The van der Waals surface area contributed by atoms with Crippen molar-refractivity contribution in [2.24, 2.45) is 0 Å². The summed E-state index contributed by atoms with van der Waals surface area (Å²) in [5, 5.41) is 31.4. The molecule has 0 saturated carbocycles. The highest BCUT2D eigenvalue weighted by molar-refractivity contribution is 6.15. The number of rotatable bonds is 5. The second-order valence-corrected chi connectivity index (χ2v) is 4.62. The summed E-state index contributed by atoms with van der Waals surface area (Å²) >= 11 is 0. The minimum absolute atomic E-state index is 0.0946. The zero-order chi connectivity index (χ0) is 18.0. The molecule has 1 aromatic carbocycles. The van der Waals surface area contributed by atoms with Gasteiger partial charge in [0.25, 0.3) is 5.91 Å². The number of nitro benzene ring substituents is 1. The molecule has 1 aliphatic heterocycles. The summed E-state index contributed by atoms with van der Waals surface area (Å²) in [4.78, 5) is 44.8. The number of aromatic hydroxyl groups is 1. The molecule has 0 bridgehead atoms. The number of methoxy groups -OCH3 is 1. The topological polar surface area (TPSA) is 159 Å². The summed E-state index contributed by atoms with van der Waals surface area (Å²) in [6, 6.07) is 1.27. The zero-order valence-corrected chi connectivity index (χ0v) is 12.2. The Morgan fingerprint density at radius 3 is 2.67 bits per heavy atom. The van der Waals surface area contributed by atoms with E-state index in [-0.39, 0.29) is 17.0 Å². The van der Waals surface area contributed by atoms with Crippen molar-refractivity contribution in [3.05, 3.63) is 33.5 Å². The van der Waals surface area contributed by atoms with Gasteiger partial charge >= 0.3 is 17.7 Å². The van der Waals surface area contributed by atoms with Crippen LogP contribution in [0.25, 0.3) is 6.08 Å². The number of carboxylic acids is 1. The SMILES string of the molecule is COc1cc(/C=C2/NC(=O)N(CC(=O)O)C2=O)cc([N+](=O)[O-])c1O. The summed E-state index contributed by atoms with van der Waals surface area (Å²) in [6.07, 6.45) is 1.11. The molecule has 0 spiro atoms. The van der Waals surface area contributed by atoms with E-state index in [1.807, 2.05) is 0 Å². The van der Waals surface area contributed by atoms with Crippen LogP contribution in [0.2, 0.25) is 0 Å². The first-order chi connectivity index (χ1) is 11.2. The average molecular weight is 337 g/mol. The van der Waals surface area contributed by atoms with Gasteiger partial charge in [-0.2, -0.15) is 0 Å². The lowest BCUT2D eigenvalue weighted by atomic mass is 10.1. The van der Waals surface area contributed by atoms with Crippen molar-refractivity contribution in [3.8, 4) is 11.5 Å². The van der Waals surface area contributed by atoms with Crippen molar-refractivity contribution in [1.29, 1.82) is 0 Å². The van der Waals surface area contributed by atoms with Gasteiger partial charge in [0, 0.05) is 6.07 Å². The molecule has 0 atom stereocenters. The molecule has 0 unspecified atom stereocenters. The fourth-order valence-corrected chi connectivity index (χ4v) is 2.01. The van der Waals surface area contributed by atoms with Crippen LogP contribution in [0, 0.1) is 10.1 Å². The summed E-state index contributed by atoms with van der Waals surface area (Å²) in [7, 11) is 1.19. The maximum atomic E-state index is 12.0. The summed E-state index contributed by atoms with van der Waals surface area (Å²) in [5.41, 5.74) is -0.819. The summed E-state index contributed by atoms with van der Waals surface area (Å²) in [5.74, 6) is -3.15. The molecule has 1 heterocycles. The molecule has 11 heteroatoms. The van der Waals surface area contributed by atoms with Gasteiger partial charge in [-0.25, -0.2) is 9.69 Å². The van der Waals surface area contributed by atoms with Crippen molar-refractivity contribution in [3.63, 3.8) is 0 Å². The third kappa shape index (κ3) is 3.09. The quantitative estimate of drug-likeness (QED) is 0.299. The Morgan fingerprint density at radius 1 is 1.46 bits per heavy atom. The number of phenolic OH excluding ortho intramolecular Hbond substituents is 1. The van der Waals surface area contributed by atoms with Crippen molar-refractivity contribution in [1.82, 2.24) is 10.2 Å². The van der Waals surface area contributed by atoms with Gasteiger partial charge in [-0.3, -0.25) is 19.7 Å². The number of carbonyl (C=O) groups excluding carboxylic acids is 2. The molecule has 3 N–H and O–H groups in total. The van der Waals surface area contributed by atoms with Crippen LogP contribution in [0.3, 0.4) is 0 Å². The standard InChI is InChI=1S/C13H11N3O8/c1-24-9-4-6(3-8(11(9)19)16(22)23)2-7-12(20)15(5-10(17)18)13(21)14-7/h2-4,19H,5H2,1H3,(H,14,21)(H,17,18)/b7-2+. The Morgan fingerprint density at radius 2 is 2.12 bits per heavy atom. The predicted octanol–water partition coefficient (Wildman–Crippen LogP) is 0.286. The molecule has 11 nitrogen and oxygen atoms in total. The Bertz CT molecular complexity index is 786. The number of imide groups is 1. The van der Waals surface area contributed by atoms with Crippen molar-refractivity contribution < 1.29 is 34.3 Å². The number of amides is 3. The van der Waals surface area contributed by atoms with Crippen molar-refractivity contribution in [2.75, 3.05) is 13.7 Å². The molecule has 0 radical (unpaired) electrons. The third-order valence-corrected chi connectivity index (χ3v) is 3.06. The molecule has 0 aromatic heterocycles. The van der Waals surface area contributed by atoms with Crippen molar-refractivity contribution >= 4 is 29.7 Å². The van der Waals surface area contributed by atoms with Gasteiger partial charge in [0.1, 0.15) is 12.2 Å². The van der Waals surface area contributed by atoms with Gasteiger partial charge in [-0.15, -0.1) is 0 Å². The van der Waals surface area contributed by atoms with E-state index in [4.69, 9.17) is 9.84 Å². The number of aliphatic carboxylic acids is 1. The van der Waals surface area contributed by atoms with Gasteiger partial charge in [0.15, 0.2) is 5.75 Å². The zero-order valence-electron chi connectivity index (χ0n) is 12.2. The molecule has 1 saturated heterocycles. The number of carboxylic acid groups (broad SMARTS) is 1. The minimum Gasteiger partial charge on any atom is -0.500 e. The van der Waals surface area contributed by atoms with Crippen LogP contribution < -0.4 is 10.1 Å². The second kappa shape index (κ2) is 6.24. The van der Waals surface area contributed by atoms with Crippen LogP contribution in [0.4, 0.5) is 10.5 Å². The number of nitrogens with zero attached hydrogens (tertiary/aromatic N) is 2. The molecule has 126 valence electrons. The number of carbonyl (C=O) groups is 3. The van der Waals surface area contributed by atoms with Gasteiger partial charge in [-0.05, 0) is 17.7 Å². The lowest BCUT2D eigenvalue weighted by Crippen LogP contribution is -2.35. The van der Waals surface area contributed by atoms with Crippen LogP contribution in [0.15, 0.2) is 17.8 Å². The van der Waals surface area contributed by atoms with Crippen LogP contribution in [0.1, 0.15) is 5.56 Å². The number of nitro groups is 1. The number of hydrogen-bond acceptors (Lipinski definition) is 7. The van der Waals surface area contributed by atoms with Crippen LogP contribution in [-0.4, -0.2) is 51.6 Å². The number of phenols is 1. The van der Waals surface area contributed by atoms with Gasteiger partial charge in [0.2, 0.25) is 5.75 Å². The fourth-order valence-electron chi connectivity index (χ4n) is 2.01. The lowest BCUT2D eigenvalue weighted by Gasteiger charge is -2.07. The normalized spacial score (nSPS) is 15.5. The Kier molecular flexibility index (Phi) is 4.35. The molecule has 1 fully saturated rings. The molecule has 1 aromatic rings. The molecule has 24 heavy (non-hydrogen) atoms. The largest absolute Gasteiger partial charge is 0.500 e. The Hall–Kier alpha value is -3.63. The molecule has 0 aliphatic carbocycles. The number of hydrogen-bond donors (Lipinski definition) is 3. The highest BCUT2D eigenvalue weighted by atomic mass is 16.6. The van der Waals surface area contributed by atoms with E-state index in [0.29, 0.717) is 4.90 Å². The predicted molar refractivity (Wildman–Crippen MR) is 77.2 cm³/mol. The Labute approximate surface area is 133 Å². The van der Waals surface area contributed by atoms with E-state index < -0.39 is 40.8 Å². The number of benzene rings is 1. The lowest BCUT2D eigenvalue weighted by molar-refractivity contribution is -0.386. The molecule has 2 rings (SSSR count). The van der Waals surface area contributed by atoms with Gasteiger partial charge < -0.3 is 20.3 Å². The highest BCUT2D eigenvalue weighted by Gasteiger charge is 2.35. The van der Waals surface area contributed by atoms with E-state index in [9.17, 15) is 29.6 Å². The van der Waals surface area contributed by atoms with E-state index >= 15 is 0 Å². The van der Waals surface area contributed by atoms with Crippen molar-refractivity contribution in [2.45, 2.75) is 0 Å². The van der Waals surface area contributed by atoms with E-state index in [0.717, 1.165) is 12.1 Å². The van der Waals surface area contributed by atoms with Crippen LogP contribution >= 0.6 is 0 Å². The first-order valence-electron chi connectivity index (χ1n) is 6.36. The van der Waals surface area contributed by atoms with Gasteiger partial charge in [-0.1, -0.05) is 0 Å². The fraction of sp³-hybridized carbons (Fsp3) is 0.154. The van der Waals surface area contributed by atoms with Crippen LogP contribution in [-0.2, 0) is 9.59 Å². The summed E-state index contributed by atoms with van der Waals surface area (Å²) < 4.78 is 4.82. The van der Waals surface area contributed by atoms with E-state index in [1.54, 1.807) is 0 Å². The van der Waals surface area contributed by atoms with Gasteiger partial charge in [0.05, 0.1) is 12.0 Å². The smallest absolute Gasteiger partial charge is 0.329 e. The molecular weight excluding hydrogens is 326 g/mol. The first kappa shape index (κ1) is 16.7. The number of ether oxygens (including phenoxy) is 1. The summed E-state index contributed by atoms with van der Waals surface area (Å²) in [6.45, 7) is -0.818. The van der Waals surface area contributed by atoms with Crippen LogP contribution in [0.5, 0.6) is 11.5 Å². The molecule has 1 aliphatic rings.